The number of likely N-dealkylation sites (N-methyl/N-ethyl adjacent to an activating group) is 2. The van der Waals surface area contributed by atoms with Crippen molar-refractivity contribution in [2.24, 2.45) is 17.6 Å². The van der Waals surface area contributed by atoms with Gasteiger partial charge in [-0.1, -0.05) is 6.42 Å². The second-order valence-corrected chi connectivity index (χ2v) is 7.72. The summed E-state index contributed by atoms with van der Waals surface area (Å²) in [5, 5.41) is 0. The first-order chi connectivity index (χ1) is 9.02. The zero-order valence-corrected chi connectivity index (χ0v) is 13.0. The molecule has 3 atom stereocenters. The lowest BCUT2D eigenvalue weighted by Gasteiger charge is -2.54. The van der Waals surface area contributed by atoms with Gasteiger partial charge in [0.05, 0.1) is 0 Å². The molecule has 3 heteroatoms. The molecule has 2 N–H and O–H groups in total. The molecule has 110 valence electrons. The maximum Gasteiger partial charge on any atom is 0.0360 e. The van der Waals surface area contributed by atoms with Gasteiger partial charge in [-0.3, -0.25) is 4.90 Å². The summed E-state index contributed by atoms with van der Waals surface area (Å²) in [5.41, 5.74) is 7.01. The number of nitrogens with zero attached hydrogens (tertiary/aromatic N) is 2. The minimum atomic E-state index is 0.321. The summed E-state index contributed by atoms with van der Waals surface area (Å²) in [7, 11) is 6.85. The fourth-order valence-corrected chi connectivity index (χ4v) is 5.22. The van der Waals surface area contributed by atoms with Crippen molar-refractivity contribution in [3.05, 3.63) is 0 Å². The highest BCUT2D eigenvalue weighted by Crippen LogP contribution is 2.53. The van der Waals surface area contributed by atoms with E-state index in [4.69, 9.17) is 5.73 Å². The van der Waals surface area contributed by atoms with Crippen LogP contribution in [-0.2, 0) is 0 Å². The molecule has 0 radical (unpaired) electrons. The Hall–Kier alpha value is -0.120. The summed E-state index contributed by atoms with van der Waals surface area (Å²) < 4.78 is 0. The van der Waals surface area contributed by atoms with Crippen molar-refractivity contribution < 1.29 is 0 Å². The molecular weight excluding hydrogens is 234 g/mol. The summed E-state index contributed by atoms with van der Waals surface area (Å²) in [5.74, 6) is 1.83. The Labute approximate surface area is 118 Å². The lowest BCUT2D eigenvalue weighted by molar-refractivity contribution is -0.0250. The van der Waals surface area contributed by atoms with Gasteiger partial charge in [-0.05, 0) is 71.5 Å². The van der Waals surface area contributed by atoms with Crippen molar-refractivity contribution in [2.75, 3.05) is 34.2 Å². The van der Waals surface area contributed by atoms with Crippen molar-refractivity contribution in [1.82, 2.24) is 9.80 Å². The molecule has 19 heavy (non-hydrogen) atoms. The van der Waals surface area contributed by atoms with Crippen LogP contribution in [0.5, 0.6) is 0 Å². The molecule has 0 aromatic rings. The highest BCUT2D eigenvalue weighted by Gasteiger charge is 2.54. The zero-order valence-electron chi connectivity index (χ0n) is 13.0. The largest absolute Gasteiger partial charge is 0.329 e. The molecule has 2 bridgehead atoms. The van der Waals surface area contributed by atoms with E-state index in [2.05, 4.69) is 30.9 Å². The quantitative estimate of drug-likeness (QED) is 0.824. The van der Waals surface area contributed by atoms with Crippen LogP contribution in [0.3, 0.4) is 0 Å². The normalized spacial score (nSPS) is 40.1. The Morgan fingerprint density at radius 3 is 2.26 bits per heavy atom. The van der Waals surface area contributed by atoms with Crippen LogP contribution in [0.15, 0.2) is 0 Å². The fourth-order valence-electron chi connectivity index (χ4n) is 5.22. The summed E-state index contributed by atoms with van der Waals surface area (Å²) in [6.07, 6.45) is 9.79. The van der Waals surface area contributed by atoms with Gasteiger partial charge in [0.2, 0.25) is 0 Å². The van der Waals surface area contributed by atoms with E-state index in [0.29, 0.717) is 11.1 Å². The van der Waals surface area contributed by atoms with Gasteiger partial charge in [0.25, 0.3) is 0 Å². The Morgan fingerprint density at radius 2 is 1.89 bits per heavy atom. The molecular formula is C16H31N3. The Kier molecular flexibility index (Phi) is 3.43. The van der Waals surface area contributed by atoms with E-state index in [-0.39, 0.29) is 0 Å². The molecule has 3 unspecified atom stereocenters. The van der Waals surface area contributed by atoms with E-state index >= 15 is 0 Å². The van der Waals surface area contributed by atoms with E-state index in [1.54, 1.807) is 0 Å². The monoisotopic (exact) mass is 265 g/mol. The van der Waals surface area contributed by atoms with Crippen LogP contribution in [0.4, 0.5) is 0 Å². The number of hydrogen-bond acceptors (Lipinski definition) is 3. The van der Waals surface area contributed by atoms with Gasteiger partial charge in [-0.15, -0.1) is 0 Å². The Morgan fingerprint density at radius 1 is 1.16 bits per heavy atom. The van der Waals surface area contributed by atoms with Crippen molar-refractivity contribution in [3.8, 4) is 0 Å². The van der Waals surface area contributed by atoms with Crippen molar-refractivity contribution in [2.45, 2.75) is 56.0 Å². The van der Waals surface area contributed by atoms with Crippen molar-refractivity contribution in [3.63, 3.8) is 0 Å². The third kappa shape index (κ3) is 1.97. The number of rotatable bonds is 5. The Bertz CT molecular complexity index is 337. The SMILES string of the molecule is CN(C)C1(CN(C)C2(CN)CC3CCC2C3)CCC1. The van der Waals surface area contributed by atoms with Gasteiger partial charge in [0.15, 0.2) is 0 Å². The van der Waals surface area contributed by atoms with Crippen LogP contribution in [0.1, 0.15) is 44.9 Å². The first-order valence-electron chi connectivity index (χ1n) is 8.11. The van der Waals surface area contributed by atoms with E-state index in [9.17, 15) is 0 Å². The van der Waals surface area contributed by atoms with Gasteiger partial charge in [0.1, 0.15) is 0 Å². The van der Waals surface area contributed by atoms with Crippen LogP contribution in [0, 0.1) is 11.8 Å². The second kappa shape index (κ2) is 4.71. The van der Waals surface area contributed by atoms with Crippen LogP contribution in [0.25, 0.3) is 0 Å². The van der Waals surface area contributed by atoms with Crippen molar-refractivity contribution >= 4 is 0 Å². The van der Waals surface area contributed by atoms with Gasteiger partial charge in [0, 0.05) is 24.2 Å². The van der Waals surface area contributed by atoms with Gasteiger partial charge >= 0.3 is 0 Å². The minimum Gasteiger partial charge on any atom is -0.329 e. The van der Waals surface area contributed by atoms with Crippen LogP contribution < -0.4 is 5.73 Å². The topological polar surface area (TPSA) is 32.5 Å². The third-order valence-corrected chi connectivity index (χ3v) is 6.82. The molecule has 0 aromatic heterocycles. The maximum absolute atomic E-state index is 6.26. The zero-order chi connectivity index (χ0) is 13.7. The van der Waals surface area contributed by atoms with Gasteiger partial charge in [-0.2, -0.15) is 0 Å². The maximum atomic E-state index is 6.26. The van der Waals surface area contributed by atoms with Crippen LogP contribution in [0.2, 0.25) is 0 Å². The molecule has 0 heterocycles. The smallest absolute Gasteiger partial charge is 0.0360 e. The summed E-state index contributed by atoms with van der Waals surface area (Å²) in [6.45, 7) is 2.06. The van der Waals surface area contributed by atoms with E-state index < -0.39 is 0 Å². The average Bonchev–Trinajstić information content (AvgIpc) is 2.93. The predicted octanol–water partition coefficient (Wildman–Crippen LogP) is 1.92. The predicted molar refractivity (Wildman–Crippen MR) is 80.1 cm³/mol. The number of hydrogen-bond donors (Lipinski definition) is 1. The van der Waals surface area contributed by atoms with Gasteiger partial charge in [-0.25, -0.2) is 0 Å². The standard InChI is InChI=1S/C16H31N3/c1-18(2)15(7-4-8-15)12-19(3)16(11-17)10-13-5-6-14(16)9-13/h13-14H,4-12,17H2,1-3H3. The van der Waals surface area contributed by atoms with E-state index in [1.807, 2.05) is 0 Å². The summed E-state index contributed by atoms with van der Waals surface area (Å²) in [6, 6.07) is 0. The van der Waals surface area contributed by atoms with E-state index in [1.165, 1.54) is 51.5 Å². The molecule has 3 nitrogen and oxygen atoms in total. The molecule has 3 fully saturated rings. The fraction of sp³-hybridized carbons (Fsp3) is 1.00. The van der Waals surface area contributed by atoms with E-state index in [0.717, 1.165) is 18.4 Å². The number of fused-ring (bicyclic) bond motifs is 2. The van der Waals surface area contributed by atoms with Crippen LogP contribution >= 0.6 is 0 Å². The third-order valence-electron chi connectivity index (χ3n) is 6.82. The highest BCUT2D eigenvalue weighted by atomic mass is 15.3. The molecule has 0 amide bonds. The van der Waals surface area contributed by atoms with Crippen LogP contribution in [-0.4, -0.2) is 55.1 Å². The average molecular weight is 265 g/mol. The highest BCUT2D eigenvalue weighted by molar-refractivity contribution is 5.10. The summed E-state index contributed by atoms with van der Waals surface area (Å²) in [4.78, 5) is 5.13. The molecule has 0 saturated heterocycles. The molecule has 3 saturated carbocycles. The summed E-state index contributed by atoms with van der Waals surface area (Å²) >= 11 is 0. The number of nitrogens with two attached hydrogens (primary N) is 1. The van der Waals surface area contributed by atoms with Gasteiger partial charge < -0.3 is 10.6 Å². The molecule has 0 spiro atoms. The molecule has 3 aliphatic carbocycles. The lowest BCUT2D eigenvalue weighted by Crippen LogP contribution is -2.64. The molecule has 0 aromatic carbocycles. The minimum absolute atomic E-state index is 0.321. The van der Waals surface area contributed by atoms with Crippen molar-refractivity contribution in [1.29, 1.82) is 0 Å². The molecule has 0 aliphatic heterocycles. The Balaban J connectivity index is 1.74. The molecule has 3 aliphatic rings. The molecule has 3 rings (SSSR count). The first-order valence-corrected chi connectivity index (χ1v) is 8.11. The lowest BCUT2D eigenvalue weighted by atomic mass is 9.73. The second-order valence-electron chi connectivity index (χ2n) is 7.72. The first kappa shape index (κ1) is 13.8.